The van der Waals surface area contributed by atoms with Gasteiger partial charge in [0.2, 0.25) is 11.8 Å². The highest BCUT2D eigenvalue weighted by Gasteiger charge is 2.34. The van der Waals surface area contributed by atoms with Gasteiger partial charge in [0.05, 0.1) is 17.7 Å². The largest absolute Gasteiger partial charge is 0.495 e. The molecule has 0 aliphatic carbocycles. The van der Waals surface area contributed by atoms with Crippen LogP contribution in [0.1, 0.15) is 32.8 Å². The highest BCUT2D eigenvalue weighted by Crippen LogP contribution is 2.35. The van der Waals surface area contributed by atoms with Crippen molar-refractivity contribution in [2.24, 2.45) is 0 Å². The molecule has 0 aromatic heterocycles. The van der Waals surface area contributed by atoms with E-state index in [1.54, 1.807) is 31.2 Å². The summed E-state index contributed by atoms with van der Waals surface area (Å²) in [7, 11) is -2.83. The molecule has 0 radical (unpaired) electrons. The fourth-order valence-corrected chi connectivity index (χ4v) is 5.79. The zero-order chi connectivity index (χ0) is 29.4. The minimum absolute atomic E-state index is 0.00755. The highest BCUT2D eigenvalue weighted by molar-refractivity contribution is 9.10. The van der Waals surface area contributed by atoms with Crippen LogP contribution in [0.3, 0.4) is 0 Å². The lowest BCUT2D eigenvalue weighted by Crippen LogP contribution is -2.52. The molecule has 2 unspecified atom stereocenters. The molecule has 0 saturated carbocycles. The molecule has 2 amide bonds. The third-order valence-corrected chi connectivity index (χ3v) is 8.99. The topological polar surface area (TPSA) is 96.0 Å². The number of anilines is 1. The Morgan fingerprint density at radius 2 is 1.68 bits per heavy atom. The first-order valence-electron chi connectivity index (χ1n) is 12.7. The van der Waals surface area contributed by atoms with Crippen molar-refractivity contribution >= 4 is 55.1 Å². The van der Waals surface area contributed by atoms with Gasteiger partial charge in [-0.2, -0.15) is 0 Å². The molecular weight excluding hydrogens is 618 g/mol. The molecule has 0 spiro atoms. The maximum atomic E-state index is 14.0. The molecular formula is C29H33BrClN3O5S. The van der Waals surface area contributed by atoms with E-state index in [0.29, 0.717) is 0 Å². The Hall–Kier alpha value is -3.08. The van der Waals surface area contributed by atoms with Gasteiger partial charge in [0.25, 0.3) is 10.0 Å². The molecule has 3 rings (SSSR count). The first-order chi connectivity index (χ1) is 19.0. The Balaban J connectivity index is 2.08. The molecule has 40 heavy (non-hydrogen) atoms. The number of halogens is 2. The zero-order valence-electron chi connectivity index (χ0n) is 22.8. The summed E-state index contributed by atoms with van der Waals surface area (Å²) in [6, 6.07) is 18.7. The maximum Gasteiger partial charge on any atom is 0.264 e. The first kappa shape index (κ1) is 31.4. The lowest BCUT2D eigenvalue weighted by molar-refractivity contribution is -0.139. The smallest absolute Gasteiger partial charge is 0.264 e. The quantitative estimate of drug-likeness (QED) is 0.274. The molecule has 11 heteroatoms. The number of hydrogen-bond acceptors (Lipinski definition) is 5. The summed E-state index contributed by atoms with van der Waals surface area (Å²) in [4.78, 5) is 28.5. The molecule has 0 aliphatic rings. The van der Waals surface area contributed by atoms with E-state index in [0.717, 1.165) is 20.8 Å². The number of benzene rings is 3. The molecule has 3 aromatic rings. The summed E-state index contributed by atoms with van der Waals surface area (Å²) >= 11 is 9.67. The van der Waals surface area contributed by atoms with Crippen LogP contribution >= 0.6 is 27.5 Å². The summed E-state index contributed by atoms with van der Waals surface area (Å²) in [5.41, 5.74) is 0.880. The van der Waals surface area contributed by atoms with Gasteiger partial charge in [-0.15, -0.1) is 0 Å². The van der Waals surface area contributed by atoms with E-state index < -0.39 is 28.5 Å². The van der Waals surface area contributed by atoms with Crippen molar-refractivity contribution in [3.05, 3.63) is 87.9 Å². The zero-order valence-corrected chi connectivity index (χ0v) is 26.0. The lowest BCUT2D eigenvalue weighted by Gasteiger charge is -2.33. The van der Waals surface area contributed by atoms with Crippen LogP contribution in [-0.4, -0.2) is 50.9 Å². The fourth-order valence-electron chi connectivity index (χ4n) is 3.93. The first-order valence-corrected chi connectivity index (χ1v) is 15.3. The minimum atomic E-state index is -4.24. The van der Waals surface area contributed by atoms with Crippen LogP contribution in [0, 0.1) is 0 Å². The van der Waals surface area contributed by atoms with E-state index in [1.807, 2.05) is 38.1 Å². The number of carbonyl (C=O) groups excluding carboxylic acids is 2. The monoisotopic (exact) mass is 649 g/mol. The molecule has 0 aliphatic heterocycles. The van der Waals surface area contributed by atoms with Gasteiger partial charge in [-0.3, -0.25) is 13.9 Å². The van der Waals surface area contributed by atoms with Crippen molar-refractivity contribution in [1.82, 2.24) is 10.2 Å². The third kappa shape index (κ3) is 7.77. The molecule has 0 bridgehead atoms. The molecule has 1 N–H and O–H groups in total. The number of carbonyl (C=O) groups is 2. The van der Waals surface area contributed by atoms with Gasteiger partial charge in [-0.1, -0.05) is 64.8 Å². The van der Waals surface area contributed by atoms with Crippen molar-refractivity contribution in [2.75, 3.05) is 18.0 Å². The number of nitrogens with zero attached hydrogens (tertiary/aromatic N) is 2. The second-order valence-electron chi connectivity index (χ2n) is 9.28. The predicted octanol–water partition coefficient (Wildman–Crippen LogP) is 5.64. The van der Waals surface area contributed by atoms with Crippen LogP contribution in [0.25, 0.3) is 0 Å². The normalized spacial score (nSPS) is 12.8. The van der Waals surface area contributed by atoms with Gasteiger partial charge in [0.15, 0.2) is 0 Å². The Morgan fingerprint density at radius 3 is 2.27 bits per heavy atom. The molecule has 8 nitrogen and oxygen atoms in total. The van der Waals surface area contributed by atoms with E-state index in [2.05, 4.69) is 21.2 Å². The fraction of sp³-hybridized carbons (Fsp3) is 0.310. The number of ether oxygens (including phenoxy) is 1. The number of rotatable bonds is 12. The van der Waals surface area contributed by atoms with Gasteiger partial charge in [0.1, 0.15) is 18.3 Å². The summed E-state index contributed by atoms with van der Waals surface area (Å²) in [5, 5.41) is 3.18. The van der Waals surface area contributed by atoms with Crippen LogP contribution in [-0.2, 0) is 26.2 Å². The summed E-state index contributed by atoms with van der Waals surface area (Å²) in [5.74, 6) is -0.687. The second-order valence-corrected chi connectivity index (χ2v) is 12.5. The SMILES string of the molecule is CCC(C)NC(=O)C(C)N(Cc1ccc(Br)cc1)C(=O)CN(c1cc(Cl)ccc1OC)S(=O)(=O)c1ccccc1. The predicted molar refractivity (Wildman–Crippen MR) is 161 cm³/mol. The number of methoxy groups -OCH3 is 1. The van der Waals surface area contributed by atoms with Crippen LogP contribution in [0.5, 0.6) is 5.75 Å². The lowest BCUT2D eigenvalue weighted by atomic mass is 10.1. The summed E-state index contributed by atoms with van der Waals surface area (Å²) in [6.07, 6.45) is 0.719. The average molecular weight is 651 g/mol. The van der Waals surface area contributed by atoms with Crippen molar-refractivity contribution in [3.63, 3.8) is 0 Å². The molecule has 0 heterocycles. The van der Waals surface area contributed by atoms with E-state index in [9.17, 15) is 18.0 Å². The highest BCUT2D eigenvalue weighted by atomic mass is 79.9. The number of amides is 2. The van der Waals surface area contributed by atoms with Crippen LogP contribution in [0.2, 0.25) is 5.02 Å². The second kappa shape index (κ2) is 14.0. The molecule has 0 saturated heterocycles. The molecule has 214 valence electrons. The van der Waals surface area contributed by atoms with E-state index in [1.165, 1.54) is 36.3 Å². The van der Waals surface area contributed by atoms with E-state index in [-0.39, 0.29) is 39.8 Å². The molecule has 2 atom stereocenters. The maximum absolute atomic E-state index is 14.0. The Morgan fingerprint density at radius 1 is 1.02 bits per heavy atom. The van der Waals surface area contributed by atoms with E-state index in [4.69, 9.17) is 16.3 Å². The van der Waals surface area contributed by atoms with E-state index >= 15 is 0 Å². The Bertz CT molecular complexity index is 1420. The number of nitrogens with one attached hydrogen (secondary N) is 1. The van der Waals surface area contributed by atoms with Crippen LogP contribution in [0.4, 0.5) is 5.69 Å². The van der Waals surface area contributed by atoms with Crippen LogP contribution in [0.15, 0.2) is 82.2 Å². The Kier molecular flexibility index (Phi) is 11.0. The van der Waals surface area contributed by atoms with Gasteiger partial charge in [0, 0.05) is 22.1 Å². The van der Waals surface area contributed by atoms with Gasteiger partial charge in [-0.25, -0.2) is 8.42 Å². The summed E-state index contributed by atoms with van der Waals surface area (Å²) < 4.78 is 35.1. The standard InChI is InChI=1S/C29H33BrClN3O5S/c1-5-20(2)32-29(36)21(3)33(18-22-11-13-23(30)14-12-22)28(35)19-34(26-17-24(31)15-16-27(26)39-4)40(37,38)25-9-7-6-8-10-25/h6-17,20-21H,5,18-19H2,1-4H3,(H,32,36). The number of sulfonamides is 1. The Labute approximate surface area is 249 Å². The van der Waals surface area contributed by atoms with Crippen molar-refractivity contribution in [3.8, 4) is 5.75 Å². The molecule has 0 fully saturated rings. The van der Waals surface area contributed by atoms with Gasteiger partial charge in [-0.05, 0) is 68.3 Å². The van der Waals surface area contributed by atoms with Crippen LogP contribution < -0.4 is 14.4 Å². The number of hydrogen-bond donors (Lipinski definition) is 1. The molecule has 3 aromatic carbocycles. The third-order valence-electron chi connectivity index (χ3n) is 6.45. The van der Waals surface area contributed by atoms with Crippen molar-refractivity contribution < 1.29 is 22.7 Å². The van der Waals surface area contributed by atoms with Crippen molar-refractivity contribution in [1.29, 1.82) is 0 Å². The van der Waals surface area contributed by atoms with Crippen molar-refractivity contribution in [2.45, 2.75) is 50.7 Å². The average Bonchev–Trinajstić information content (AvgIpc) is 2.95. The van der Waals surface area contributed by atoms with Gasteiger partial charge < -0.3 is 15.0 Å². The minimum Gasteiger partial charge on any atom is -0.495 e. The summed E-state index contributed by atoms with van der Waals surface area (Å²) in [6.45, 7) is 4.96. The van der Waals surface area contributed by atoms with Gasteiger partial charge >= 0.3 is 0 Å².